The Labute approximate surface area is 116 Å². The fraction of sp³-hybridized carbons (Fsp3) is 0.118. The summed E-state index contributed by atoms with van der Waals surface area (Å²) < 4.78 is 11.0. The summed E-state index contributed by atoms with van der Waals surface area (Å²) in [7, 11) is 0. The number of hydrogen-bond donors (Lipinski definition) is 0. The van der Waals surface area contributed by atoms with Crippen LogP contribution in [0.3, 0.4) is 0 Å². The van der Waals surface area contributed by atoms with E-state index in [2.05, 4.69) is 0 Å². The maximum Gasteiger partial charge on any atom is 0.379 e. The molecule has 0 saturated heterocycles. The van der Waals surface area contributed by atoms with E-state index in [1.165, 1.54) is 0 Å². The molecule has 1 heterocycles. The molecule has 0 spiro atoms. The molecule has 0 aliphatic rings. The van der Waals surface area contributed by atoms with Gasteiger partial charge in [-0.3, -0.25) is 0 Å². The minimum Gasteiger partial charge on any atom is -0.449 e. The van der Waals surface area contributed by atoms with Crippen LogP contribution in [-0.2, 0) is 0 Å². The van der Waals surface area contributed by atoms with Crippen molar-refractivity contribution in [1.82, 2.24) is 0 Å². The number of fused-ring (bicyclic) bond motifs is 1. The average molecular weight is 266 g/mol. The monoisotopic (exact) mass is 266 g/mol. The molecule has 0 radical (unpaired) electrons. The second-order valence-electron chi connectivity index (χ2n) is 4.76. The van der Waals surface area contributed by atoms with Gasteiger partial charge in [0.05, 0.1) is 0 Å². The Bertz CT molecular complexity index is 811. The van der Waals surface area contributed by atoms with E-state index in [0.717, 1.165) is 16.5 Å². The Morgan fingerprint density at radius 2 is 1.65 bits per heavy atom. The van der Waals surface area contributed by atoms with Crippen molar-refractivity contribution < 1.29 is 9.15 Å². The summed E-state index contributed by atoms with van der Waals surface area (Å²) in [5.41, 5.74) is 2.06. The zero-order valence-corrected chi connectivity index (χ0v) is 11.3. The molecule has 3 nitrogen and oxygen atoms in total. The van der Waals surface area contributed by atoms with Crippen LogP contribution in [0, 0.1) is 13.8 Å². The number of ether oxygens (including phenoxy) is 1. The van der Waals surface area contributed by atoms with E-state index in [1.807, 2.05) is 50.2 Å². The molecule has 1 aromatic heterocycles. The fourth-order valence-electron chi connectivity index (χ4n) is 2.18. The van der Waals surface area contributed by atoms with Crippen molar-refractivity contribution in [3.63, 3.8) is 0 Å². The summed E-state index contributed by atoms with van der Waals surface area (Å²) in [4.78, 5) is 12.0. The highest BCUT2D eigenvalue weighted by Crippen LogP contribution is 2.28. The third-order valence-electron chi connectivity index (χ3n) is 3.23. The van der Waals surface area contributed by atoms with E-state index in [9.17, 15) is 4.79 Å². The van der Waals surface area contributed by atoms with Crippen LogP contribution in [0.4, 0.5) is 0 Å². The number of aryl methyl sites for hydroxylation is 2. The Balaban J connectivity index is 2.11. The van der Waals surface area contributed by atoms with Crippen LogP contribution in [0.2, 0.25) is 0 Å². The number of para-hydroxylation sites is 2. The van der Waals surface area contributed by atoms with E-state index in [-0.39, 0.29) is 5.75 Å². The van der Waals surface area contributed by atoms with Gasteiger partial charge in [0.25, 0.3) is 0 Å². The van der Waals surface area contributed by atoms with Crippen molar-refractivity contribution in [3.8, 4) is 11.5 Å². The van der Waals surface area contributed by atoms with E-state index < -0.39 is 5.63 Å². The van der Waals surface area contributed by atoms with Crippen molar-refractivity contribution in [2.24, 2.45) is 0 Å². The van der Waals surface area contributed by atoms with Crippen LogP contribution >= 0.6 is 0 Å². The Kier molecular flexibility index (Phi) is 3.03. The Morgan fingerprint density at radius 3 is 2.40 bits per heavy atom. The molecule has 0 N–H and O–H groups in total. The zero-order chi connectivity index (χ0) is 14.1. The first-order valence-electron chi connectivity index (χ1n) is 6.42. The third kappa shape index (κ3) is 2.18. The molecule has 0 atom stereocenters. The molecule has 3 heteroatoms. The standard InChI is InChI=1S/C17H14O3/c1-11-6-5-7-12(2)16(11)19-15-10-13-8-3-4-9-14(13)20-17(15)18/h3-10H,1-2H3. The lowest BCUT2D eigenvalue weighted by Gasteiger charge is -2.10. The van der Waals surface area contributed by atoms with Crippen LogP contribution in [-0.4, -0.2) is 0 Å². The van der Waals surface area contributed by atoms with Gasteiger partial charge >= 0.3 is 5.63 Å². The molecule has 0 fully saturated rings. The molecule has 3 aromatic rings. The first-order valence-corrected chi connectivity index (χ1v) is 6.42. The highest BCUT2D eigenvalue weighted by molar-refractivity contribution is 5.77. The normalized spacial score (nSPS) is 10.7. The molecule has 0 bridgehead atoms. The topological polar surface area (TPSA) is 39.4 Å². The second kappa shape index (κ2) is 4.85. The molecular formula is C17H14O3. The van der Waals surface area contributed by atoms with Gasteiger partial charge in [-0.05, 0) is 37.1 Å². The Morgan fingerprint density at radius 1 is 0.950 bits per heavy atom. The molecule has 0 aliphatic heterocycles. The van der Waals surface area contributed by atoms with Crippen LogP contribution in [0.5, 0.6) is 11.5 Å². The predicted octanol–water partition coefficient (Wildman–Crippen LogP) is 4.20. The third-order valence-corrected chi connectivity index (χ3v) is 3.23. The van der Waals surface area contributed by atoms with E-state index in [0.29, 0.717) is 11.3 Å². The highest BCUT2D eigenvalue weighted by Gasteiger charge is 2.10. The van der Waals surface area contributed by atoms with Crippen molar-refractivity contribution >= 4 is 11.0 Å². The van der Waals surface area contributed by atoms with Crippen LogP contribution in [0.15, 0.2) is 57.7 Å². The maximum absolute atomic E-state index is 12.0. The summed E-state index contributed by atoms with van der Waals surface area (Å²) in [5, 5.41) is 0.841. The summed E-state index contributed by atoms with van der Waals surface area (Å²) in [6.07, 6.45) is 0. The van der Waals surface area contributed by atoms with Crippen LogP contribution in [0.1, 0.15) is 11.1 Å². The van der Waals surface area contributed by atoms with Crippen molar-refractivity contribution in [2.45, 2.75) is 13.8 Å². The summed E-state index contributed by atoms with van der Waals surface area (Å²) >= 11 is 0. The lowest BCUT2D eigenvalue weighted by Crippen LogP contribution is -2.04. The van der Waals surface area contributed by atoms with E-state index in [4.69, 9.17) is 9.15 Å². The second-order valence-corrected chi connectivity index (χ2v) is 4.76. The average Bonchev–Trinajstić information content (AvgIpc) is 2.43. The molecule has 0 amide bonds. The highest BCUT2D eigenvalue weighted by atomic mass is 16.5. The van der Waals surface area contributed by atoms with Crippen LogP contribution in [0.25, 0.3) is 11.0 Å². The number of rotatable bonds is 2. The first kappa shape index (κ1) is 12.5. The Hall–Kier alpha value is -2.55. The van der Waals surface area contributed by atoms with Gasteiger partial charge in [-0.15, -0.1) is 0 Å². The molecule has 0 unspecified atom stereocenters. The largest absolute Gasteiger partial charge is 0.449 e. The maximum atomic E-state index is 12.0. The van der Waals surface area contributed by atoms with Gasteiger partial charge in [-0.25, -0.2) is 4.79 Å². The summed E-state index contributed by atoms with van der Waals surface area (Å²) in [5.74, 6) is 0.913. The van der Waals surface area contributed by atoms with Gasteiger partial charge in [0, 0.05) is 5.39 Å². The minimum atomic E-state index is -0.466. The van der Waals surface area contributed by atoms with Gasteiger partial charge < -0.3 is 9.15 Å². The smallest absolute Gasteiger partial charge is 0.379 e. The summed E-state index contributed by atoms with van der Waals surface area (Å²) in [6.45, 7) is 3.90. The van der Waals surface area contributed by atoms with E-state index in [1.54, 1.807) is 12.1 Å². The first-order chi connectivity index (χ1) is 9.65. The van der Waals surface area contributed by atoms with Crippen molar-refractivity contribution in [2.75, 3.05) is 0 Å². The number of benzene rings is 2. The van der Waals surface area contributed by atoms with Crippen LogP contribution < -0.4 is 10.4 Å². The minimum absolute atomic E-state index is 0.209. The zero-order valence-electron chi connectivity index (χ0n) is 11.3. The molecule has 2 aromatic carbocycles. The van der Waals surface area contributed by atoms with Gasteiger partial charge in [0.1, 0.15) is 11.3 Å². The van der Waals surface area contributed by atoms with Crippen molar-refractivity contribution in [3.05, 3.63) is 70.1 Å². The van der Waals surface area contributed by atoms with Gasteiger partial charge in [0.2, 0.25) is 5.75 Å². The van der Waals surface area contributed by atoms with Crippen molar-refractivity contribution in [1.29, 1.82) is 0 Å². The predicted molar refractivity (Wildman–Crippen MR) is 78.5 cm³/mol. The number of hydrogen-bond acceptors (Lipinski definition) is 3. The lowest BCUT2D eigenvalue weighted by atomic mass is 10.1. The molecule has 100 valence electrons. The summed E-state index contributed by atoms with van der Waals surface area (Å²) in [6, 6.07) is 14.9. The molecule has 3 rings (SSSR count). The van der Waals surface area contributed by atoms with E-state index >= 15 is 0 Å². The molecular weight excluding hydrogens is 252 g/mol. The molecule has 0 saturated carbocycles. The van der Waals surface area contributed by atoms with Gasteiger partial charge in [-0.2, -0.15) is 0 Å². The molecule has 0 aliphatic carbocycles. The SMILES string of the molecule is Cc1cccc(C)c1Oc1cc2ccccc2oc1=O. The quantitative estimate of drug-likeness (QED) is 0.652. The van der Waals surface area contributed by atoms with Gasteiger partial charge in [-0.1, -0.05) is 36.4 Å². The molecule has 20 heavy (non-hydrogen) atoms. The fourth-order valence-corrected chi connectivity index (χ4v) is 2.18. The lowest BCUT2D eigenvalue weighted by molar-refractivity contribution is 0.432. The van der Waals surface area contributed by atoms with Gasteiger partial charge in [0.15, 0.2) is 0 Å².